The van der Waals surface area contributed by atoms with E-state index in [2.05, 4.69) is 10.6 Å². The summed E-state index contributed by atoms with van der Waals surface area (Å²) in [5.41, 5.74) is 1.20. The summed E-state index contributed by atoms with van der Waals surface area (Å²) in [4.78, 5) is 35.3. The Morgan fingerprint density at radius 3 is 2.58 bits per heavy atom. The van der Waals surface area contributed by atoms with Crippen LogP contribution in [0.3, 0.4) is 0 Å². The first kappa shape index (κ1) is 19.2. The van der Waals surface area contributed by atoms with Crippen LogP contribution in [-0.2, 0) is 20.7 Å². The number of carbonyl (C=O) groups is 3. The Kier molecular flexibility index (Phi) is 7.42. The highest BCUT2D eigenvalue weighted by molar-refractivity contribution is 5.94. The van der Waals surface area contributed by atoms with Gasteiger partial charge in [-0.05, 0) is 37.5 Å². The smallest absolute Gasteiger partial charge is 0.328 e. The van der Waals surface area contributed by atoms with Crippen LogP contribution in [-0.4, -0.2) is 37.0 Å². The van der Waals surface area contributed by atoms with Gasteiger partial charge in [-0.3, -0.25) is 9.59 Å². The zero-order valence-corrected chi connectivity index (χ0v) is 14.6. The Labute approximate surface area is 151 Å². The molecule has 2 N–H and O–H groups in total. The van der Waals surface area contributed by atoms with Crippen LogP contribution in [0.5, 0.6) is 0 Å². The normalized spacial score (nSPS) is 11.4. The lowest BCUT2D eigenvalue weighted by Gasteiger charge is -2.12. The van der Waals surface area contributed by atoms with E-state index >= 15 is 0 Å². The molecule has 0 radical (unpaired) electrons. The average Bonchev–Trinajstić information content (AvgIpc) is 3.19. The molecule has 1 heterocycles. The highest BCUT2D eigenvalue weighted by atomic mass is 16.5. The predicted octanol–water partition coefficient (Wildman–Crippen LogP) is 1.69. The minimum atomic E-state index is -0.890. The SMILES string of the molecule is C[C@@H](NC(=O)c1ccco1)C(=O)OCC(=O)NCCCc1ccccc1. The van der Waals surface area contributed by atoms with Crippen LogP contribution in [0.1, 0.15) is 29.5 Å². The van der Waals surface area contributed by atoms with Gasteiger partial charge in [0, 0.05) is 6.54 Å². The number of aryl methyl sites for hydroxylation is 1. The van der Waals surface area contributed by atoms with Crippen LogP contribution >= 0.6 is 0 Å². The van der Waals surface area contributed by atoms with E-state index in [9.17, 15) is 14.4 Å². The third kappa shape index (κ3) is 6.43. The first-order valence-corrected chi connectivity index (χ1v) is 8.38. The monoisotopic (exact) mass is 358 g/mol. The second-order valence-electron chi connectivity index (χ2n) is 5.72. The summed E-state index contributed by atoms with van der Waals surface area (Å²) >= 11 is 0. The lowest BCUT2D eigenvalue weighted by molar-refractivity contribution is -0.150. The number of nitrogens with one attached hydrogen (secondary N) is 2. The Bertz CT molecular complexity index is 713. The molecule has 7 heteroatoms. The molecule has 0 aliphatic carbocycles. The molecule has 138 valence electrons. The zero-order valence-electron chi connectivity index (χ0n) is 14.6. The van der Waals surface area contributed by atoms with Crippen molar-refractivity contribution >= 4 is 17.8 Å². The highest BCUT2D eigenvalue weighted by Gasteiger charge is 2.20. The molecule has 1 aromatic heterocycles. The molecule has 7 nitrogen and oxygen atoms in total. The number of carbonyl (C=O) groups excluding carboxylic acids is 3. The van der Waals surface area contributed by atoms with E-state index in [4.69, 9.17) is 9.15 Å². The van der Waals surface area contributed by atoms with Crippen LogP contribution in [0.25, 0.3) is 0 Å². The molecule has 0 saturated heterocycles. The molecule has 2 amide bonds. The van der Waals surface area contributed by atoms with Gasteiger partial charge in [0.05, 0.1) is 6.26 Å². The van der Waals surface area contributed by atoms with Gasteiger partial charge in [0.15, 0.2) is 12.4 Å². The summed E-state index contributed by atoms with van der Waals surface area (Å²) in [6.07, 6.45) is 3.01. The number of furan rings is 1. The maximum atomic E-state index is 11.8. The topological polar surface area (TPSA) is 97.6 Å². The summed E-state index contributed by atoms with van der Waals surface area (Å²) in [6.45, 7) is 1.59. The highest BCUT2D eigenvalue weighted by Crippen LogP contribution is 2.02. The van der Waals surface area contributed by atoms with Crippen molar-refractivity contribution in [2.75, 3.05) is 13.2 Å². The van der Waals surface area contributed by atoms with Gasteiger partial charge in [0.1, 0.15) is 6.04 Å². The number of hydrogen-bond donors (Lipinski definition) is 2. The van der Waals surface area contributed by atoms with Crippen LogP contribution in [0, 0.1) is 0 Å². The van der Waals surface area contributed by atoms with Gasteiger partial charge < -0.3 is 19.8 Å². The van der Waals surface area contributed by atoms with Crippen molar-refractivity contribution < 1.29 is 23.5 Å². The average molecular weight is 358 g/mol. The molecule has 0 spiro atoms. The molecule has 2 aromatic rings. The third-order valence-corrected chi connectivity index (χ3v) is 3.60. The van der Waals surface area contributed by atoms with Crippen LogP contribution in [0.2, 0.25) is 0 Å². The maximum absolute atomic E-state index is 11.8. The van der Waals surface area contributed by atoms with Gasteiger partial charge in [-0.15, -0.1) is 0 Å². The summed E-state index contributed by atoms with van der Waals surface area (Å²) in [5, 5.41) is 5.13. The summed E-state index contributed by atoms with van der Waals surface area (Å²) in [7, 11) is 0. The minimum absolute atomic E-state index is 0.0980. The van der Waals surface area contributed by atoms with Gasteiger partial charge >= 0.3 is 5.97 Å². The van der Waals surface area contributed by atoms with Crippen LogP contribution in [0.15, 0.2) is 53.1 Å². The van der Waals surface area contributed by atoms with E-state index in [0.29, 0.717) is 6.54 Å². The summed E-state index contributed by atoms with van der Waals surface area (Å²) < 4.78 is 9.84. The van der Waals surface area contributed by atoms with Crippen molar-refractivity contribution in [2.45, 2.75) is 25.8 Å². The number of ether oxygens (including phenoxy) is 1. The van der Waals surface area contributed by atoms with Crippen molar-refractivity contribution in [3.8, 4) is 0 Å². The Hall–Kier alpha value is -3.09. The van der Waals surface area contributed by atoms with E-state index in [-0.39, 0.29) is 18.3 Å². The fourth-order valence-corrected chi connectivity index (χ4v) is 2.21. The lowest BCUT2D eigenvalue weighted by Crippen LogP contribution is -2.41. The van der Waals surface area contributed by atoms with E-state index in [1.165, 1.54) is 24.8 Å². The zero-order chi connectivity index (χ0) is 18.8. The molecule has 0 bridgehead atoms. The van der Waals surface area contributed by atoms with E-state index in [1.807, 2.05) is 30.3 Å². The van der Waals surface area contributed by atoms with Crippen molar-refractivity contribution in [3.63, 3.8) is 0 Å². The second-order valence-corrected chi connectivity index (χ2v) is 5.72. The van der Waals surface area contributed by atoms with Gasteiger partial charge in [-0.1, -0.05) is 30.3 Å². The Morgan fingerprint density at radius 2 is 1.88 bits per heavy atom. The molecular formula is C19H22N2O5. The van der Waals surface area contributed by atoms with Crippen molar-refractivity contribution in [1.29, 1.82) is 0 Å². The molecule has 1 aromatic carbocycles. The summed E-state index contributed by atoms with van der Waals surface area (Å²) in [6, 6.07) is 12.1. The molecule has 0 fully saturated rings. The predicted molar refractivity (Wildman–Crippen MR) is 94.4 cm³/mol. The van der Waals surface area contributed by atoms with Gasteiger partial charge in [-0.25, -0.2) is 4.79 Å². The molecule has 0 aliphatic heterocycles. The molecule has 0 saturated carbocycles. The van der Waals surface area contributed by atoms with Gasteiger partial charge in [-0.2, -0.15) is 0 Å². The second kappa shape index (κ2) is 10.0. The van der Waals surface area contributed by atoms with Crippen LogP contribution in [0.4, 0.5) is 0 Å². The molecule has 26 heavy (non-hydrogen) atoms. The maximum Gasteiger partial charge on any atom is 0.328 e. The fraction of sp³-hybridized carbons (Fsp3) is 0.316. The van der Waals surface area contributed by atoms with E-state index < -0.39 is 17.9 Å². The number of esters is 1. The molecule has 0 aliphatic rings. The third-order valence-electron chi connectivity index (χ3n) is 3.60. The van der Waals surface area contributed by atoms with E-state index in [0.717, 1.165) is 12.8 Å². The van der Waals surface area contributed by atoms with Gasteiger partial charge in [0.25, 0.3) is 11.8 Å². The molecule has 1 atom stereocenters. The van der Waals surface area contributed by atoms with Gasteiger partial charge in [0.2, 0.25) is 0 Å². The van der Waals surface area contributed by atoms with Crippen molar-refractivity contribution in [1.82, 2.24) is 10.6 Å². The Balaban J connectivity index is 1.60. The number of rotatable bonds is 9. The standard InChI is InChI=1S/C19H22N2O5/c1-14(21-18(23)16-10-6-12-25-16)19(24)26-13-17(22)20-11-5-9-15-7-3-2-4-8-15/h2-4,6-8,10,12,14H,5,9,11,13H2,1H3,(H,20,22)(H,21,23)/t14-/m1/s1. The van der Waals surface area contributed by atoms with Crippen molar-refractivity contribution in [2.24, 2.45) is 0 Å². The van der Waals surface area contributed by atoms with Crippen molar-refractivity contribution in [3.05, 3.63) is 60.1 Å². The minimum Gasteiger partial charge on any atom is -0.459 e. The number of amides is 2. The fourth-order valence-electron chi connectivity index (χ4n) is 2.21. The molecular weight excluding hydrogens is 336 g/mol. The lowest BCUT2D eigenvalue weighted by atomic mass is 10.1. The first-order valence-electron chi connectivity index (χ1n) is 8.38. The quantitative estimate of drug-likeness (QED) is 0.525. The molecule has 0 unspecified atom stereocenters. The Morgan fingerprint density at radius 1 is 1.12 bits per heavy atom. The van der Waals surface area contributed by atoms with Crippen LogP contribution < -0.4 is 10.6 Å². The number of benzene rings is 1. The largest absolute Gasteiger partial charge is 0.459 e. The number of hydrogen-bond acceptors (Lipinski definition) is 5. The van der Waals surface area contributed by atoms with E-state index in [1.54, 1.807) is 6.07 Å². The molecule has 2 rings (SSSR count). The summed E-state index contributed by atoms with van der Waals surface area (Å²) in [5.74, 6) is -1.49. The first-order chi connectivity index (χ1) is 12.6.